The number of fused-ring (bicyclic) bond motifs is 1. The smallest absolute Gasteiger partial charge is 0.264 e. The van der Waals surface area contributed by atoms with E-state index in [0.717, 1.165) is 11.3 Å². The van der Waals surface area contributed by atoms with Crippen LogP contribution in [0.2, 0.25) is 0 Å². The van der Waals surface area contributed by atoms with E-state index in [1.165, 1.54) is 11.7 Å². The molecule has 0 aliphatic heterocycles. The Morgan fingerprint density at radius 1 is 1.18 bits per heavy atom. The molecule has 0 spiro atoms. The second kappa shape index (κ2) is 7.44. The number of hydrogen-bond acceptors (Lipinski definition) is 5. The summed E-state index contributed by atoms with van der Waals surface area (Å²) in [7, 11) is 1.53. The summed E-state index contributed by atoms with van der Waals surface area (Å²) in [5.41, 5.74) is 2.85. The molecule has 1 aromatic carbocycles. The number of methoxy groups -OCH3 is 1. The zero-order valence-electron chi connectivity index (χ0n) is 15.5. The molecule has 28 heavy (non-hydrogen) atoms. The van der Waals surface area contributed by atoms with Crippen LogP contribution in [-0.2, 0) is 6.54 Å². The van der Waals surface area contributed by atoms with Gasteiger partial charge in [-0.3, -0.25) is 9.36 Å². The Hall–Kier alpha value is -3.19. The van der Waals surface area contributed by atoms with Crippen molar-refractivity contribution >= 4 is 22.6 Å². The fourth-order valence-electron chi connectivity index (χ4n) is 3.10. The van der Waals surface area contributed by atoms with E-state index in [0.29, 0.717) is 34.8 Å². The van der Waals surface area contributed by atoms with Gasteiger partial charge in [0.1, 0.15) is 5.39 Å². The van der Waals surface area contributed by atoms with Gasteiger partial charge in [0.05, 0.1) is 24.6 Å². The molecule has 0 bridgehead atoms. The first-order valence-electron chi connectivity index (χ1n) is 8.75. The van der Waals surface area contributed by atoms with Crippen LogP contribution < -0.4 is 10.3 Å². The first-order chi connectivity index (χ1) is 13.6. The molecule has 0 aliphatic carbocycles. The molecule has 4 rings (SSSR count). The summed E-state index contributed by atoms with van der Waals surface area (Å²) in [5.74, 6) is 1.10. The third-order valence-electron chi connectivity index (χ3n) is 4.48. The number of benzene rings is 1. The monoisotopic (exact) mass is 395 g/mol. The van der Waals surface area contributed by atoms with Crippen LogP contribution in [0.1, 0.15) is 5.56 Å². The van der Waals surface area contributed by atoms with Gasteiger partial charge in [0.15, 0.2) is 11.5 Å². The summed E-state index contributed by atoms with van der Waals surface area (Å²) in [4.78, 5) is 22.2. The predicted molar refractivity (Wildman–Crippen MR) is 108 cm³/mol. The van der Waals surface area contributed by atoms with Crippen molar-refractivity contribution in [3.63, 3.8) is 0 Å². The average molecular weight is 396 g/mol. The highest BCUT2D eigenvalue weighted by molar-refractivity contribution is 6.17. The van der Waals surface area contributed by atoms with Gasteiger partial charge in [0.2, 0.25) is 5.88 Å². The lowest BCUT2D eigenvalue weighted by molar-refractivity contribution is 0.399. The molecule has 0 amide bonds. The lowest BCUT2D eigenvalue weighted by atomic mass is 10.2. The predicted octanol–water partition coefficient (Wildman–Crippen LogP) is 3.20. The Morgan fingerprint density at radius 2 is 1.96 bits per heavy atom. The van der Waals surface area contributed by atoms with Crippen LogP contribution in [-0.4, -0.2) is 37.3 Å². The first kappa shape index (κ1) is 18.2. The molecule has 0 N–H and O–H groups in total. The Bertz CT molecular complexity index is 1200. The Balaban J connectivity index is 2.03. The fraction of sp³-hybridized carbons (Fsp3) is 0.200. The third-order valence-corrected chi connectivity index (χ3v) is 4.65. The van der Waals surface area contributed by atoms with Crippen LogP contribution in [0, 0.1) is 6.92 Å². The molecule has 4 aromatic rings. The second-order valence-electron chi connectivity index (χ2n) is 6.27. The molecule has 0 atom stereocenters. The molecular formula is C20H18ClN5O2. The lowest BCUT2D eigenvalue weighted by Gasteiger charge is -2.13. The quantitative estimate of drug-likeness (QED) is 0.485. The molecule has 0 unspecified atom stereocenters. The molecule has 8 heteroatoms. The van der Waals surface area contributed by atoms with Gasteiger partial charge in [0.25, 0.3) is 5.56 Å². The zero-order valence-corrected chi connectivity index (χ0v) is 16.2. The van der Waals surface area contributed by atoms with Crippen molar-refractivity contribution in [2.45, 2.75) is 13.5 Å². The van der Waals surface area contributed by atoms with Crippen LogP contribution >= 0.6 is 11.6 Å². The normalized spacial score (nSPS) is 11.1. The van der Waals surface area contributed by atoms with E-state index < -0.39 is 0 Å². The minimum atomic E-state index is -0.204. The number of ether oxygens (including phenoxy) is 1. The van der Waals surface area contributed by atoms with Gasteiger partial charge < -0.3 is 4.74 Å². The maximum atomic E-state index is 13.2. The number of rotatable bonds is 5. The van der Waals surface area contributed by atoms with Gasteiger partial charge in [-0.05, 0) is 31.2 Å². The van der Waals surface area contributed by atoms with Gasteiger partial charge in [-0.2, -0.15) is 5.10 Å². The largest absolute Gasteiger partial charge is 0.480 e. The maximum absolute atomic E-state index is 13.2. The topological polar surface area (TPSA) is 74.8 Å². The number of aromatic nitrogens is 5. The van der Waals surface area contributed by atoms with E-state index in [1.807, 2.05) is 37.3 Å². The lowest BCUT2D eigenvalue weighted by Crippen LogP contribution is -2.24. The molecular weight excluding hydrogens is 378 g/mol. The minimum Gasteiger partial charge on any atom is -0.480 e. The number of hydrogen-bond donors (Lipinski definition) is 0. The minimum absolute atomic E-state index is 0.204. The Morgan fingerprint density at radius 3 is 2.68 bits per heavy atom. The summed E-state index contributed by atoms with van der Waals surface area (Å²) in [6, 6.07) is 11.5. The number of nitrogens with zero attached hydrogens (tertiary/aromatic N) is 5. The standard InChI is InChI=1S/C20H18ClN5O2/c1-13-5-7-14(8-6-13)26-18-16(12-23-26)20(27)25(11-9-21)17(24-18)15-4-3-10-22-19(15)28-2/h3-8,10,12H,9,11H2,1-2H3. The van der Waals surface area contributed by atoms with Crippen LogP contribution in [0.4, 0.5) is 0 Å². The molecule has 0 saturated heterocycles. The van der Waals surface area contributed by atoms with E-state index in [1.54, 1.807) is 23.1 Å². The Labute approximate surface area is 166 Å². The highest BCUT2D eigenvalue weighted by atomic mass is 35.5. The van der Waals surface area contributed by atoms with Crippen LogP contribution in [0.15, 0.2) is 53.6 Å². The van der Waals surface area contributed by atoms with Crippen molar-refractivity contribution in [3.05, 3.63) is 64.7 Å². The van der Waals surface area contributed by atoms with Crippen molar-refractivity contribution in [1.82, 2.24) is 24.3 Å². The molecule has 0 radical (unpaired) electrons. The summed E-state index contributed by atoms with van der Waals surface area (Å²) >= 11 is 5.95. The second-order valence-corrected chi connectivity index (χ2v) is 6.65. The molecule has 0 aliphatic rings. The van der Waals surface area contributed by atoms with Gasteiger partial charge >= 0.3 is 0 Å². The zero-order chi connectivity index (χ0) is 19.7. The average Bonchev–Trinajstić information content (AvgIpc) is 3.15. The number of pyridine rings is 1. The van der Waals surface area contributed by atoms with Crippen LogP contribution in [0.5, 0.6) is 5.88 Å². The first-order valence-corrected chi connectivity index (χ1v) is 9.28. The fourth-order valence-corrected chi connectivity index (χ4v) is 3.27. The highest BCUT2D eigenvalue weighted by Gasteiger charge is 2.19. The van der Waals surface area contributed by atoms with E-state index >= 15 is 0 Å². The Kier molecular flexibility index (Phi) is 4.83. The number of aryl methyl sites for hydroxylation is 1. The number of halogens is 1. The van der Waals surface area contributed by atoms with E-state index in [2.05, 4.69) is 10.1 Å². The van der Waals surface area contributed by atoms with Gasteiger partial charge in [-0.25, -0.2) is 14.6 Å². The highest BCUT2D eigenvalue weighted by Crippen LogP contribution is 2.27. The van der Waals surface area contributed by atoms with Crippen molar-refractivity contribution < 1.29 is 4.74 Å². The van der Waals surface area contributed by atoms with Crippen molar-refractivity contribution in [1.29, 1.82) is 0 Å². The molecule has 7 nitrogen and oxygen atoms in total. The molecule has 142 valence electrons. The summed E-state index contributed by atoms with van der Waals surface area (Å²) < 4.78 is 8.57. The molecule has 3 heterocycles. The van der Waals surface area contributed by atoms with E-state index in [9.17, 15) is 4.79 Å². The SMILES string of the molecule is COc1ncccc1-c1nc2c(cnn2-c2ccc(C)cc2)c(=O)n1CCCl. The molecule has 3 aromatic heterocycles. The number of alkyl halides is 1. The van der Waals surface area contributed by atoms with Crippen LogP contribution in [0.25, 0.3) is 28.1 Å². The third kappa shape index (κ3) is 3.03. The molecule has 0 fully saturated rings. The van der Waals surface area contributed by atoms with Crippen molar-refractivity contribution in [3.8, 4) is 23.0 Å². The van der Waals surface area contributed by atoms with Gasteiger partial charge in [-0.15, -0.1) is 11.6 Å². The van der Waals surface area contributed by atoms with E-state index in [4.69, 9.17) is 21.3 Å². The van der Waals surface area contributed by atoms with E-state index in [-0.39, 0.29) is 11.4 Å². The maximum Gasteiger partial charge on any atom is 0.264 e. The summed E-state index contributed by atoms with van der Waals surface area (Å²) in [6.45, 7) is 2.33. The summed E-state index contributed by atoms with van der Waals surface area (Å²) in [5, 5.41) is 4.82. The van der Waals surface area contributed by atoms with Gasteiger partial charge in [0, 0.05) is 18.6 Å². The van der Waals surface area contributed by atoms with Gasteiger partial charge in [-0.1, -0.05) is 17.7 Å². The van der Waals surface area contributed by atoms with Crippen molar-refractivity contribution in [2.24, 2.45) is 0 Å². The molecule has 0 saturated carbocycles. The van der Waals surface area contributed by atoms with Crippen LogP contribution in [0.3, 0.4) is 0 Å². The summed E-state index contributed by atoms with van der Waals surface area (Å²) in [6.07, 6.45) is 3.17. The van der Waals surface area contributed by atoms with Crippen molar-refractivity contribution in [2.75, 3.05) is 13.0 Å².